The summed E-state index contributed by atoms with van der Waals surface area (Å²) >= 11 is 1.56. The van der Waals surface area contributed by atoms with Gasteiger partial charge in [0, 0.05) is 17.4 Å². The lowest BCUT2D eigenvalue weighted by atomic mass is 10.0. The van der Waals surface area contributed by atoms with Crippen molar-refractivity contribution in [3.63, 3.8) is 0 Å². The number of nitrogens with zero attached hydrogens (tertiary/aromatic N) is 1. The highest BCUT2D eigenvalue weighted by molar-refractivity contribution is 7.13. The number of rotatable bonds is 5. The van der Waals surface area contributed by atoms with Crippen LogP contribution in [0.15, 0.2) is 29.6 Å². The molecule has 19 heavy (non-hydrogen) atoms. The first kappa shape index (κ1) is 13.7. The predicted octanol–water partition coefficient (Wildman–Crippen LogP) is 3.95. The third-order valence-electron chi connectivity index (χ3n) is 2.97. The van der Waals surface area contributed by atoms with Gasteiger partial charge in [0.1, 0.15) is 5.01 Å². The summed E-state index contributed by atoms with van der Waals surface area (Å²) in [5.74, 6) is -0.257. The molecule has 0 bridgehead atoms. The van der Waals surface area contributed by atoms with E-state index in [1.165, 1.54) is 5.56 Å². The monoisotopic (exact) mass is 275 g/mol. The quantitative estimate of drug-likeness (QED) is 0.898. The van der Waals surface area contributed by atoms with Crippen LogP contribution in [0.1, 0.15) is 37.4 Å². The number of benzene rings is 1. The molecule has 0 spiro atoms. The Hall–Kier alpha value is -1.68. The molecule has 2 rings (SSSR count). The van der Waals surface area contributed by atoms with Crippen LogP contribution in [-0.2, 0) is 11.2 Å². The molecule has 1 aromatic heterocycles. The van der Waals surface area contributed by atoms with Crippen LogP contribution in [0.3, 0.4) is 0 Å². The highest BCUT2D eigenvalue weighted by Crippen LogP contribution is 2.26. The molecule has 1 heterocycles. The summed E-state index contributed by atoms with van der Waals surface area (Å²) in [4.78, 5) is 15.0. The van der Waals surface area contributed by atoms with E-state index in [0.717, 1.165) is 16.3 Å². The van der Waals surface area contributed by atoms with E-state index in [1.54, 1.807) is 11.3 Å². The molecule has 100 valence electrons. The van der Waals surface area contributed by atoms with Gasteiger partial charge < -0.3 is 5.11 Å². The highest BCUT2D eigenvalue weighted by Gasteiger charge is 2.07. The van der Waals surface area contributed by atoms with Gasteiger partial charge in [0.05, 0.1) is 12.1 Å². The number of aromatic nitrogens is 1. The molecule has 0 aliphatic rings. The average Bonchev–Trinajstić information content (AvgIpc) is 2.85. The van der Waals surface area contributed by atoms with Crippen molar-refractivity contribution in [1.82, 2.24) is 4.98 Å². The maximum Gasteiger partial charge on any atom is 0.303 e. The van der Waals surface area contributed by atoms with E-state index in [4.69, 9.17) is 5.11 Å². The van der Waals surface area contributed by atoms with Gasteiger partial charge in [0.2, 0.25) is 0 Å². The van der Waals surface area contributed by atoms with Gasteiger partial charge in [-0.15, -0.1) is 11.3 Å². The molecule has 0 aliphatic heterocycles. The van der Waals surface area contributed by atoms with Crippen LogP contribution >= 0.6 is 11.3 Å². The molecule has 0 unspecified atom stereocenters. The molecular weight excluding hydrogens is 258 g/mol. The number of aliphatic carboxylic acids is 1. The largest absolute Gasteiger partial charge is 0.481 e. The van der Waals surface area contributed by atoms with Gasteiger partial charge >= 0.3 is 5.97 Å². The number of carboxylic acid groups (broad SMARTS) is 1. The first-order chi connectivity index (χ1) is 9.06. The molecule has 3 nitrogen and oxygen atoms in total. The molecule has 2 aromatic rings. The first-order valence-electron chi connectivity index (χ1n) is 6.33. The molecule has 1 N–H and O–H groups in total. The van der Waals surface area contributed by atoms with Crippen molar-refractivity contribution in [2.45, 2.75) is 32.6 Å². The second-order valence-corrected chi connectivity index (χ2v) is 5.67. The second-order valence-electron chi connectivity index (χ2n) is 4.81. The SMILES string of the molecule is CC(C)c1ccc(-c2nc(CCC(=O)O)cs2)cc1. The van der Waals surface area contributed by atoms with Gasteiger partial charge in [-0.3, -0.25) is 4.79 Å². The minimum atomic E-state index is -0.782. The smallest absolute Gasteiger partial charge is 0.303 e. The summed E-state index contributed by atoms with van der Waals surface area (Å²) in [6, 6.07) is 8.40. The normalized spacial score (nSPS) is 10.9. The molecule has 4 heteroatoms. The number of hydrogen-bond donors (Lipinski definition) is 1. The van der Waals surface area contributed by atoms with E-state index in [1.807, 2.05) is 5.38 Å². The number of aryl methyl sites for hydroxylation is 1. The molecule has 0 amide bonds. The van der Waals surface area contributed by atoms with Crippen molar-refractivity contribution in [2.75, 3.05) is 0 Å². The van der Waals surface area contributed by atoms with Crippen LogP contribution in [0.5, 0.6) is 0 Å². The summed E-state index contributed by atoms with van der Waals surface area (Å²) in [6.45, 7) is 4.34. The van der Waals surface area contributed by atoms with Gasteiger partial charge in [-0.2, -0.15) is 0 Å². The van der Waals surface area contributed by atoms with Crippen molar-refractivity contribution in [1.29, 1.82) is 0 Å². The highest BCUT2D eigenvalue weighted by atomic mass is 32.1. The molecular formula is C15H17NO2S. The van der Waals surface area contributed by atoms with E-state index >= 15 is 0 Å². The molecule has 0 aliphatic carbocycles. The zero-order valence-electron chi connectivity index (χ0n) is 11.1. The molecule has 0 radical (unpaired) electrons. The Kier molecular flexibility index (Phi) is 4.32. The van der Waals surface area contributed by atoms with Crippen LogP contribution in [0.25, 0.3) is 10.6 Å². The van der Waals surface area contributed by atoms with Crippen LogP contribution < -0.4 is 0 Å². The van der Waals surface area contributed by atoms with Crippen LogP contribution in [0.4, 0.5) is 0 Å². The Morgan fingerprint density at radius 2 is 2.00 bits per heavy atom. The lowest BCUT2D eigenvalue weighted by molar-refractivity contribution is -0.136. The second kappa shape index (κ2) is 5.97. The maximum atomic E-state index is 10.5. The van der Waals surface area contributed by atoms with Crippen LogP contribution in [0.2, 0.25) is 0 Å². The molecule has 0 atom stereocenters. The fourth-order valence-electron chi connectivity index (χ4n) is 1.80. The van der Waals surface area contributed by atoms with Crippen molar-refractivity contribution >= 4 is 17.3 Å². The van der Waals surface area contributed by atoms with E-state index < -0.39 is 5.97 Å². The number of hydrogen-bond acceptors (Lipinski definition) is 3. The van der Waals surface area contributed by atoms with Crippen LogP contribution in [0, 0.1) is 0 Å². The van der Waals surface area contributed by atoms with Crippen molar-refractivity contribution in [3.8, 4) is 10.6 Å². The Labute approximate surface area is 116 Å². The molecule has 1 aromatic carbocycles. The molecule has 0 saturated heterocycles. The summed E-state index contributed by atoms with van der Waals surface area (Å²) in [5.41, 5.74) is 3.26. The fraction of sp³-hybridized carbons (Fsp3) is 0.333. The predicted molar refractivity (Wildman–Crippen MR) is 77.6 cm³/mol. The van der Waals surface area contributed by atoms with E-state index in [-0.39, 0.29) is 6.42 Å². The summed E-state index contributed by atoms with van der Waals surface area (Å²) in [6.07, 6.45) is 0.630. The van der Waals surface area contributed by atoms with E-state index in [9.17, 15) is 4.79 Å². The zero-order chi connectivity index (χ0) is 13.8. The summed E-state index contributed by atoms with van der Waals surface area (Å²) in [5, 5.41) is 11.6. The maximum absolute atomic E-state index is 10.5. The lowest BCUT2D eigenvalue weighted by Crippen LogP contribution is -1.97. The fourth-order valence-corrected chi connectivity index (χ4v) is 2.66. The Morgan fingerprint density at radius 3 is 2.58 bits per heavy atom. The average molecular weight is 275 g/mol. The van der Waals surface area contributed by atoms with E-state index in [0.29, 0.717) is 12.3 Å². The zero-order valence-corrected chi connectivity index (χ0v) is 11.9. The Balaban J connectivity index is 2.11. The summed E-state index contributed by atoms with van der Waals surface area (Å²) < 4.78 is 0. The summed E-state index contributed by atoms with van der Waals surface area (Å²) in [7, 11) is 0. The van der Waals surface area contributed by atoms with Gasteiger partial charge in [0.25, 0.3) is 0 Å². The lowest BCUT2D eigenvalue weighted by Gasteiger charge is -2.05. The third-order valence-corrected chi connectivity index (χ3v) is 3.91. The number of carboxylic acids is 1. The van der Waals surface area contributed by atoms with Crippen molar-refractivity contribution < 1.29 is 9.90 Å². The van der Waals surface area contributed by atoms with Crippen LogP contribution in [-0.4, -0.2) is 16.1 Å². The van der Waals surface area contributed by atoms with E-state index in [2.05, 4.69) is 43.1 Å². The van der Waals surface area contributed by atoms with Gasteiger partial charge in [-0.25, -0.2) is 4.98 Å². The Morgan fingerprint density at radius 1 is 1.32 bits per heavy atom. The topological polar surface area (TPSA) is 50.2 Å². The van der Waals surface area contributed by atoms with Gasteiger partial charge in [-0.1, -0.05) is 38.1 Å². The number of carbonyl (C=O) groups is 1. The molecule has 0 fully saturated rings. The van der Waals surface area contributed by atoms with Gasteiger partial charge in [-0.05, 0) is 11.5 Å². The Bertz CT molecular complexity index is 558. The molecule has 0 saturated carbocycles. The number of thiazole rings is 1. The minimum Gasteiger partial charge on any atom is -0.481 e. The first-order valence-corrected chi connectivity index (χ1v) is 7.20. The standard InChI is InChI=1S/C15H17NO2S/c1-10(2)11-3-5-12(6-4-11)15-16-13(9-19-15)7-8-14(17)18/h3-6,9-10H,7-8H2,1-2H3,(H,17,18). The minimum absolute atomic E-state index is 0.134. The van der Waals surface area contributed by atoms with Crippen molar-refractivity contribution in [2.24, 2.45) is 0 Å². The van der Waals surface area contributed by atoms with Gasteiger partial charge in [0.15, 0.2) is 0 Å². The third kappa shape index (κ3) is 3.64. The van der Waals surface area contributed by atoms with Crippen molar-refractivity contribution in [3.05, 3.63) is 40.9 Å².